The van der Waals surface area contributed by atoms with E-state index in [-0.39, 0.29) is 11.8 Å². The van der Waals surface area contributed by atoms with E-state index >= 15 is 0 Å². The van der Waals surface area contributed by atoms with Crippen LogP contribution in [0.2, 0.25) is 0 Å². The summed E-state index contributed by atoms with van der Waals surface area (Å²) in [7, 11) is 1.73. The van der Waals surface area contributed by atoms with Gasteiger partial charge in [0.15, 0.2) is 5.82 Å². The van der Waals surface area contributed by atoms with Crippen LogP contribution in [0.5, 0.6) is 0 Å². The molecule has 3 heterocycles. The lowest BCUT2D eigenvalue weighted by molar-refractivity contribution is -0.127. The molecule has 138 valence electrons. The highest BCUT2D eigenvalue weighted by Gasteiger charge is 2.30. The number of hydrogen-bond acceptors (Lipinski definition) is 5. The molecular formula is C22H19N5O. The lowest BCUT2D eigenvalue weighted by Gasteiger charge is -2.07. The van der Waals surface area contributed by atoms with E-state index < -0.39 is 0 Å². The molecule has 0 radical (unpaired) electrons. The zero-order valence-corrected chi connectivity index (χ0v) is 15.7. The molecule has 6 nitrogen and oxygen atoms in total. The molecule has 4 rings (SSSR count). The maximum atomic E-state index is 12.1. The number of carbonyl (C=O) groups is 1. The van der Waals surface area contributed by atoms with Crippen LogP contribution in [-0.4, -0.2) is 32.8 Å². The van der Waals surface area contributed by atoms with Crippen molar-refractivity contribution in [3.8, 4) is 23.1 Å². The molecule has 0 unspecified atom stereocenters. The van der Waals surface area contributed by atoms with Crippen molar-refractivity contribution in [3.63, 3.8) is 0 Å². The van der Waals surface area contributed by atoms with Crippen molar-refractivity contribution in [1.82, 2.24) is 19.9 Å². The standard InChI is InChI=1S/C22H19N5O/c1-13-11-17(22(28)27(13)3)8-7-15-5-4-6-16(12-15)18-9-10-19-20(26-18)21(23)25-14(2)24-19/h4-6,9-10,12,17H,1,11H2,2-3H3,(H2,23,24,25)/t17-/m0/s1. The third-order valence-electron chi connectivity index (χ3n) is 4.77. The molecular weight excluding hydrogens is 350 g/mol. The molecule has 0 saturated carbocycles. The summed E-state index contributed by atoms with van der Waals surface area (Å²) < 4.78 is 0. The Morgan fingerprint density at radius 1 is 1.21 bits per heavy atom. The maximum Gasteiger partial charge on any atom is 0.242 e. The van der Waals surface area contributed by atoms with Crippen LogP contribution >= 0.6 is 0 Å². The summed E-state index contributed by atoms with van der Waals surface area (Å²) in [6.07, 6.45) is 0.576. The number of anilines is 1. The van der Waals surface area contributed by atoms with Crippen LogP contribution < -0.4 is 5.73 Å². The third kappa shape index (κ3) is 3.19. The summed E-state index contributed by atoms with van der Waals surface area (Å²) in [5.41, 5.74) is 10.6. The number of carbonyl (C=O) groups excluding carboxylic acids is 1. The number of nitrogen functional groups attached to an aromatic ring is 1. The first-order chi connectivity index (χ1) is 13.4. The van der Waals surface area contributed by atoms with Gasteiger partial charge in [0, 0.05) is 30.3 Å². The zero-order valence-electron chi connectivity index (χ0n) is 15.7. The highest BCUT2D eigenvalue weighted by atomic mass is 16.2. The molecule has 2 N–H and O–H groups in total. The number of likely N-dealkylation sites (tertiary alicyclic amines) is 1. The first kappa shape index (κ1) is 17.7. The van der Waals surface area contributed by atoms with Crippen LogP contribution in [0.4, 0.5) is 5.82 Å². The van der Waals surface area contributed by atoms with Gasteiger partial charge in [-0.25, -0.2) is 15.0 Å². The van der Waals surface area contributed by atoms with Crippen LogP contribution in [0, 0.1) is 24.7 Å². The molecule has 1 amide bonds. The van der Waals surface area contributed by atoms with Crippen molar-refractivity contribution in [3.05, 3.63) is 60.1 Å². The average Bonchev–Trinajstić information content (AvgIpc) is 2.93. The van der Waals surface area contributed by atoms with Crippen LogP contribution in [0.1, 0.15) is 17.8 Å². The summed E-state index contributed by atoms with van der Waals surface area (Å²) in [6, 6.07) is 11.5. The van der Waals surface area contributed by atoms with Gasteiger partial charge >= 0.3 is 0 Å². The molecule has 1 atom stereocenters. The fourth-order valence-corrected chi connectivity index (χ4v) is 3.21. The third-order valence-corrected chi connectivity index (χ3v) is 4.77. The molecule has 0 bridgehead atoms. The van der Waals surface area contributed by atoms with Crippen LogP contribution in [0.15, 0.2) is 48.7 Å². The maximum absolute atomic E-state index is 12.1. The highest BCUT2D eigenvalue weighted by Crippen LogP contribution is 2.25. The second-order valence-electron chi connectivity index (χ2n) is 6.79. The van der Waals surface area contributed by atoms with Crippen LogP contribution in [0.25, 0.3) is 22.3 Å². The van der Waals surface area contributed by atoms with E-state index in [9.17, 15) is 4.79 Å². The van der Waals surface area contributed by atoms with Gasteiger partial charge in [-0.3, -0.25) is 4.79 Å². The molecule has 1 aliphatic rings. The number of pyridine rings is 1. The quantitative estimate of drug-likeness (QED) is 0.667. The summed E-state index contributed by atoms with van der Waals surface area (Å²) in [6.45, 7) is 5.69. The van der Waals surface area contributed by atoms with E-state index in [0.29, 0.717) is 29.1 Å². The normalized spacial score (nSPS) is 16.4. The number of allylic oxidation sites excluding steroid dienone is 1. The number of nitrogens with two attached hydrogens (primary N) is 1. The number of aryl methyl sites for hydroxylation is 1. The van der Waals surface area contributed by atoms with Gasteiger partial charge in [-0.1, -0.05) is 30.6 Å². The lowest BCUT2D eigenvalue weighted by Crippen LogP contribution is -2.20. The van der Waals surface area contributed by atoms with Gasteiger partial charge in [-0.05, 0) is 31.2 Å². The second-order valence-corrected chi connectivity index (χ2v) is 6.79. The first-order valence-corrected chi connectivity index (χ1v) is 8.90. The van der Waals surface area contributed by atoms with Crippen LogP contribution in [0.3, 0.4) is 0 Å². The predicted molar refractivity (Wildman–Crippen MR) is 109 cm³/mol. The Kier molecular flexibility index (Phi) is 4.28. The first-order valence-electron chi connectivity index (χ1n) is 8.90. The Labute approximate surface area is 163 Å². The highest BCUT2D eigenvalue weighted by molar-refractivity contribution is 5.87. The van der Waals surface area contributed by atoms with Crippen molar-refractivity contribution in [2.24, 2.45) is 5.92 Å². The summed E-state index contributed by atoms with van der Waals surface area (Å²) in [4.78, 5) is 26.9. The van der Waals surface area contributed by atoms with Gasteiger partial charge in [0.1, 0.15) is 17.3 Å². The van der Waals surface area contributed by atoms with E-state index in [2.05, 4.69) is 33.4 Å². The molecule has 1 saturated heterocycles. The molecule has 0 aliphatic carbocycles. The summed E-state index contributed by atoms with van der Waals surface area (Å²) >= 11 is 0. The average molecular weight is 369 g/mol. The molecule has 28 heavy (non-hydrogen) atoms. The molecule has 1 fully saturated rings. The van der Waals surface area contributed by atoms with Crippen LogP contribution in [-0.2, 0) is 4.79 Å². The van der Waals surface area contributed by atoms with Gasteiger partial charge in [-0.15, -0.1) is 0 Å². The van der Waals surface area contributed by atoms with E-state index in [1.54, 1.807) is 18.9 Å². The van der Waals surface area contributed by atoms with Gasteiger partial charge < -0.3 is 10.6 Å². The predicted octanol–water partition coefficient (Wildman–Crippen LogP) is 2.93. The number of aromatic nitrogens is 3. The summed E-state index contributed by atoms with van der Waals surface area (Å²) in [5, 5.41) is 0. The van der Waals surface area contributed by atoms with Crippen molar-refractivity contribution >= 4 is 22.8 Å². The Hall–Kier alpha value is -3.72. The molecule has 0 spiro atoms. The number of hydrogen-bond donors (Lipinski definition) is 1. The molecule has 1 aliphatic heterocycles. The minimum absolute atomic E-state index is 0.00406. The fourth-order valence-electron chi connectivity index (χ4n) is 3.21. The number of benzene rings is 1. The van der Waals surface area contributed by atoms with E-state index in [1.807, 2.05) is 36.4 Å². The lowest BCUT2D eigenvalue weighted by atomic mass is 10.0. The minimum atomic E-state index is -0.333. The largest absolute Gasteiger partial charge is 0.382 e. The van der Waals surface area contributed by atoms with E-state index in [1.165, 1.54) is 0 Å². The fraction of sp³-hybridized carbons (Fsp3) is 0.182. The minimum Gasteiger partial charge on any atom is -0.382 e. The Morgan fingerprint density at radius 2 is 2.04 bits per heavy atom. The molecule has 3 aromatic rings. The molecule has 1 aromatic carbocycles. The molecule has 6 heteroatoms. The van der Waals surface area contributed by atoms with Gasteiger partial charge in [0.25, 0.3) is 0 Å². The zero-order chi connectivity index (χ0) is 19.8. The van der Waals surface area contributed by atoms with E-state index in [0.717, 1.165) is 22.5 Å². The topological polar surface area (TPSA) is 85.0 Å². The van der Waals surface area contributed by atoms with Crippen molar-refractivity contribution in [2.75, 3.05) is 12.8 Å². The number of rotatable bonds is 1. The number of fused-ring (bicyclic) bond motifs is 1. The Bertz CT molecular complexity index is 1190. The Balaban J connectivity index is 1.67. The van der Waals surface area contributed by atoms with Crippen molar-refractivity contribution < 1.29 is 4.79 Å². The number of amides is 1. The van der Waals surface area contributed by atoms with Gasteiger partial charge in [-0.2, -0.15) is 0 Å². The van der Waals surface area contributed by atoms with E-state index in [4.69, 9.17) is 5.73 Å². The Morgan fingerprint density at radius 3 is 2.79 bits per heavy atom. The van der Waals surface area contributed by atoms with Crippen molar-refractivity contribution in [2.45, 2.75) is 13.3 Å². The smallest absolute Gasteiger partial charge is 0.242 e. The summed E-state index contributed by atoms with van der Waals surface area (Å²) in [5.74, 6) is 6.82. The van der Waals surface area contributed by atoms with Gasteiger partial charge in [0.2, 0.25) is 5.91 Å². The van der Waals surface area contributed by atoms with Crippen molar-refractivity contribution in [1.29, 1.82) is 0 Å². The molecule has 2 aromatic heterocycles. The number of nitrogens with zero attached hydrogens (tertiary/aromatic N) is 4. The monoisotopic (exact) mass is 369 g/mol. The van der Waals surface area contributed by atoms with Gasteiger partial charge in [0.05, 0.1) is 11.2 Å². The second kappa shape index (κ2) is 6.78. The SMILES string of the molecule is C=C1C[C@H](C#Cc2cccc(-c3ccc4nc(C)nc(N)c4n3)c2)C(=O)N1C.